The van der Waals surface area contributed by atoms with Gasteiger partial charge in [-0.3, -0.25) is 20.0 Å². The molecule has 0 aliphatic rings. The van der Waals surface area contributed by atoms with Crippen LogP contribution in [0.15, 0.2) is 97.1 Å². The summed E-state index contributed by atoms with van der Waals surface area (Å²) in [7, 11) is 1.60. The van der Waals surface area contributed by atoms with Gasteiger partial charge in [0.15, 0.2) is 0 Å². The standard InChI is InChI=1S/C32H32ClN3O3/c1-4-36(35-28-16-18-29(39-3)19-17-28)32(38)30(34-31(37)26-7-5-6-22(2)20-26)21-23-8-10-24(11-9-23)25-12-14-27(33)15-13-25/h5-20,30,35H,4,21H2,1-3H3,(H,34,37). The molecule has 0 heterocycles. The van der Waals surface area contributed by atoms with Crippen molar-refractivity contribution in [2.75, 3.05) is 19.1 Å². The van der Waals surface area contributed by atoms with Gasteiger partial charge in [0, 0.05) is 23.6 Å². The molecule has 6 nitrogen and oxygen atoms in total. The van der Waals surface area contributed by atoms with Crippen molar-refractivity contribution in [2.45, 2.75) is 26.3 Å². The first-order valence-electron chi connectivity index (χ1n) is 12.8. The number of amides is 2. The van der Waals surface area contributed by atoms with E-state index in [2.05, 4.69) is 10.7 Å². The second-order valence-corrected chi connectivity index (χ2v) is 9.66. The summed E-state index contributed by atoms with van der Waals surface area (Å²) in [6.07, 6.45) is 0.331. The maximum absolute atomic E-state index is 13.8. The molecule has 0 spiro atoms. The lowest BCUT2D eigenvalue weighted by Gasteiger charge is -2.28. The van der Waals surface area contributed by atoms with E-state index in [9.17, 15) is 9.59 Å². The quantitative estimate of drug-likeness (QED) is 0.224. The van der Waals surface area contributed by atoms with Crippen LogP contribution in [0.25, 0.3) is 11.1 Å². The number of hydrazine groups is 1. The summed E-state index contributed by atoms with van der Waals surface area (Å²) in [4.78, 5) is 27.0. The number of ether oxygens (including phenoxy) is 1. The predicted molar refractivity (Wildman–Crippen MR) is 157 cm³/mol. The Morgan fingerprint density at radius 1 is 0.897 bits per heavy atom. The van der Waals surface area contributed by atoms with Gasteiger partial charge in [0.25, 0.3) is 11.8 Å². The highest BCUT2D eigenvalue weighted by atomic mass is 35.5. The van der Waals surface area contributed by atoms with E-state index in [1.54, 1.807) is 13.2 Å². The van der Waals surface area contributed by atoms with Gasteiger partial charge in [0.2, 0.25) is 0 Å². The molecule has 2 N–H and O–H groups in total. The first-order valence-corrected chi connectivity index (χ1v) is 13.2. The van der Waals surface area contributed by atoms with Crippen molar-refractivity contribution in [1.82, 2.24) is 10.3 Å². The Morgan fingerprint density at radius 3 is 2.13 bits per heavy atom. The van der Waals surface area contributed by atoms with Gasteiger partial charge in [-0.05, 0) is 79.1 Å². The Kier molecular flexibility index (Phi) is 9.23. The predicted octanol–water partition coefficient (Wildman–Crippen LogP) is 6.54. The van der Waals surface area contributed by atoms with Crippen LogP contribution in [0.5, 0.6) is 5.75 Å². The molecule has 7 heteroatoms. The van der Waals surface area contributed by atoms with Crippen LogP contribution in [0, 0.1) is 6.92 Å². The van der Waals surface area contributed by atoms with Crippen LogP contribution in [-0.2, 0) is 11.2 Å². The summed E-state index contributed by atoms with van der Waals surface area (Å²) in [5.74, 6) is 0.187. The van der Waals surface area contributed by atoms with Gasteiger partial charge >= 0.3 is 0 Å². The molecule has 39 heavy (non-hydrogen) atoms. The summed E-state index contributed by atoms with van der Waals surface area (Å²) >= 11 is 6.03. The largest absolute Gasteiger partial charge is 0.497 e. The van der Waals surface area contributed by atoms with Crippen LogP contribution in [0.4, 0.5) is 5.69 Å². The van der Waals surface area contributed by atoms with E-state index < -0.39 is 6.04 Å². The molecule has 1 unspecified atom stereocenters. The number of hydrogen-bond donors (Lipinski definition) is 2. The van der Waals surface area contributed by atoms with Gasteiger partial charge in [0.05, 0.1) is 12.8 Å². The maximum atomic E-state index is 13.8. The zero-order valence-corrected chi connectivity index (χ0v) is 23.0. The van der Waals surface area contributed by atoms with Crippen molar-refractivity contribution in [3.63, 3.8) is 0 Å². The second kappa shape index (κ2) is 13.0. The molecule has 0 aliphatic heterocycles. The average Bonchev–Trinajstić information content (AvgIpc) is 2.96. The van der Waals surface area contributed by atoms with Gasteiger partial charge in [-0.1, -0.05) is 65.7 Å². The first kappa shape index (κ1) is 27.7. The van der Waals surface area contributed by atoms with E-state index in [0.717, 1.165) is 33.7 Å². The van der Waals surface area contributed by atoms with Crippen molar-refractivity contribution in [3.05, 3.63) is 119 Å². The molecular formula is C32H32ClN3O3. The van der Waals surface area contributed by atoms with Gasteiger partial charge < -0.3 is 10.1 Å². The molecular weight excluding hydrogens is 510 g/mol. The zero-order valence-electron chi connectivity index (χ0n) is 22.3. The maximum Gasteiger partial charge on any atom is 0.263 e. The van der Waals surface area contributed by atoms with Gasteiger partial charge in [-0.15, -0.1) is 0 Å². The molecule has 4 aromatic rings. The minimum absolute atomic E-state index is 0.240. The molecule has 1 atom stereocenters. The number of halogens is 1. The highest BCUT2D eigenvalue weighted by Crippen LogP contribution is 2.23. The summed E-state index contributed by atoms with van der Waals surface area (Å²) in [6, 6.07) is 29.5. The number of benzene rings is 4. The normalized spacial score (nSPS) is 11.4. The number of methoxy groups -OCH3 is 1. The Balaban J connectivity index is 1.56. The Hall–Kier alpha value is -4.29. The topological polar surface area (TPSA) is 70.7 Å². The fourth-order valence-electron chi connectivity index (χ4n) is 4.24. The number of likely N-dealkylation sites (N-methyl/N-ethyl adjacent to an activating group) is 1. The molecule has 4 aromatic carbocycles. The molecule has 0 saturated carbocycles. The lowest BCUT2D eigenvalue weighted by atomic mass is 10.00. The highest BCUT2D eigenvalue weighted by Gasteiger charge is 2.26. The van der Waals surface area contributed by atoms with Crippen molar-refractivity contribution in [3.8, 4) is 16.9 Å². The average molecular weight is 542 g/mol. The van der Waals surface area contributed by atoms with Gasteiger partial charge in [-0.25, -0.2) is 0 Å². The summed E-state index contributed by atoms with van der Waals surface area (Å²) in [6.45, 7) is 4.21. The summed E-state index contributed by atoms with van der Waals surface area (Å²) < 4.78 is 5.23. The highest BCUT2D eigenvalue weighted by molar-refractivity contribution is 6.30. The Morgan fingerprint density at radius 2 is 1.54 bits per heavy atom. The summed E-state index contributed by atoms with van der Waals surface area (Å²) in [5, 5.41) is 5.18. The lowest BCUT2D eigenvalue weighted by Crippen LogP contribution is -2.51. The molecule has 2 amide bonds. The summed E-state index contributed by atoms with van der Waals surface area (Å²) in [5.41, 5.74) is 8.41. The van der Waals surface area contributed by atoms with E-state index in [-0.39, 0.29) is 11.8 Å². The second-order valence-electron chi connectivity index (χ2n) is 9.23. The minimum Gasteiger partial charge on any atom is -0.497 e. The number of aryl methyl sites for hydroxylation is 1. The fraction of sp³-hybridized carbons (Fsp3) is 0.188. The Bertz CT molecular complexity index is 1400. The number of anilines is 1. The number of rotatable bonds is 10. The third-order valence-corrected chi connectivity index (χ3v) is 6.64. The number of nitrogens with zero attached hydrogens (tertiary/aromatic N) is 1. The molecule has 0 aromatic heterocycles. The lowest BCUT2D eigenvalue weighted by molar-refractivity contribution is -0.131. The van der Waals surface area contributed by atoms with Crippen LogP contribution in [0.3, 0.4) is 0 Å². The fourth-order valence-corrected chi connectivity index (χ4v) is 4.36. The third-order valence-electron chi connectivity index (χ3n) is 6.39. The molecule has 0 fully saturated rings. The van der Waals surface area contributed by atoms with Crippen molar-refractivity contribution in [2.24, 2.45) is 0 Å². The van der Waals surface area contributed by atoms with Crippen LogP contribution in [0.2, 0.25) is 5.02 Å². The van der Waals surface area contributed by atoms with Gasteiger partial charge in [0.1, 0.15) is 11.8 Å². The van der Waals surface area contributed by atoms with Crippen molar-refractivity contribution in [1.29, 1.82) is 0 Å². The molecule has 0 aliphatic carbocycles. The monoisotopic (exact) mass is 541 g/mol. The molecule has 0 bridgehead atoms. The SMILES string of the molecule is CCN(Nc1ccc(OC)cc1)C(=O)C(Cc1ccc(-c2ccc(Cl)cc2)cc1)NC(=O)c1cccc(C)c1. The first-order chi connectivity index (χ1) is 18.9. The van der Waals surface area contributed by atoms with E-state index >= 15 is 0 Å². The van der Waals surface area contributed by atoms with E-state index in [1.807, 2.05) is 105 Å². The smallest absolute Gasteiger partial charge is 0.263 e. The zero-order chi connectivity index (χ0) is 27.8. The van der Waals surface area contributed by atoms with Crippen LogP contribution in [-0.4, -0.2) is 36.5 Å². The van der Waals surface area contributed by atoms with E-state index in [0.29, 0.717) is 23.6 Å². The molecule has 0 radical (unpaired) electrons. The Labute approximate surface area is 234 Å². The van der Waals surface area contributed by atoms with E-state index in [1.165, 1.54) is 5.01 Å². The van der Waals surface area contributed by atoms with Gasteiger partial charge in [-0.2, -0.15) is 0 Å². The van der Waals surface area contributed by atoms with Crippen molar-refractivity contribution >= 4 is 29.1 Å². The van der Waals surface area contributed by atoms with E-state index in [4.69, 9.17) is 16.3 Å². The van der Waals surface area contributed by atoms with Crippen LogP contribution < -0.4 is 15.5 Å². The molecule has 4 rings (SSSR count). The molecule has 200 valence electrons. The third kappa shape index (κ3) is 7.39. The number of nitrogens with one attached hydrogen (secondary N) is 2. The van der Waals surface area contributed by atoms with Crippen LogP contribution in [0.1, 0.15) is 28.4 Å². The number of carbonyl (C=O) groups is 2. The number of hydrogen-bond acceptors (Lipinski definition) is 4. The minimum atomic E-state index is -0.787. The van der Waals surface area contributed by atoms with Crippen molar-refractivity contribution < 1.29 is 14.3 Å². The molecule has 0 saturated heterocycles. The number of carbonyl (C=O) groups excluding carboxylic acids is 2. The van der Waals surface area contributed by atoms with Crippen LogP contribution >= 0.6 is 11.6 Å².